The van der Waals surface area contributed by atoms with Gasteiger partial charge in [-0.1, -0.05) is 6.08 Å². The van der Waals surface area contributed by atoms with E-state index >= 15 is 0 Å². The molecule has 1 saturated heterocycles. The number of esters is 1. The fraction of sp³-hybridized carbons (Fsp3) is 0.320. The van der Waals surface area contributed by atoms with Gasteiger partial charge in [0, 0.05) is 5.56 Å². The van der Waals surface area contributed by atoms with E-state index in [0.29, 0.717) is 30.1 Å². The Kier molecular flexibility index (Phi) is 7.78. The van der Waals surface area contributed by atoms with Crippen LogP contribution in [0.15, 0.2) is 47.0 Å². The maximum absolute atomic E-state index is 12.9. The predicted molar refractivity (Wildman–Crippen MR) is 124 cm³/mol. The molecule has 1 aliphatic rings. The minimum atomic E-state index is -0.644. The third kappa shape index (κ3) is 5.48. The van der Waals surface area contributed by atoms with E-state index in [1.807, 2.05) is 26.8 Å². The summed E-state index contributed by atoms with van der Waals surface area (Å²) >= 11 is 0. The van der Waals surface area contributed by atoms with Gasteiger partial charge in [0.2, 0.25) is 5.76 Å². The molecule has 0 saturated carbocycles. The topological polar surface area (TPSA) is 107 Å². The van der Waals surface area contributed by atoms with Crippen LogP contribution >= 0.6 is 0 Å². The Labute approximate surface area is 198 Å². The van der Waals surface area contributed by atoms with Crippen molar-refractivity contribution < 1.29 is 33.0 Å². The van der Waals surface area contributed by atoms with Gasteiger partial charge < -0.3 is 23.9 Å². The molecule has 3 rings (SSSR count). The number of hydrogen-bond acceptors (Lipinski definition) is 7. The van der Waals surface area contributed by atoms with Crippen molar-refractivity contribution in [2.45, 2.75) is 39.8 Å². The van der Waals surface area contributed by atoms with Gasteiger partial charge in [-0.3, -0.25) is 9.69 Å². The minimum absolute atomic E-state index is 0.0118. The molecule has 0 bridgehead atoms. The Morgan fingerprint density at radius 3 is 2.68 bits per heavy atom. The lowest BCUT2D eigenvalue weighted by atomic mass is 10.0. The molecular formula is C25H28N2O7. The molecule has 2 aromatic rings. The van der Waals surface area contributed by atoms with Crippen LogP contribution in [0.4, 0.5) is 4.79 Å². The number of amides is 3. The molecule has 0 aliphatic carbocycles. The van der Waals surface area contributed by atoms with Gasteiger partial charge >= 0.3 is 12.0 Å². The lowest BCUT2D eigenvalue weighted by Crippen LogP contribution is -2.30. The smallest absolute Gasteiger partial charge is 0.373 e. The van der Waals surface area contributed by atoms with Crippen molar-refractivity contribution in [1.29, 1.82) is 0 Å². The number of benzene rings is 1. The summed E-state index contributed by atoms with van der Waals surface area (Å²) in [6, 6.07) is 5.97. The maximum atomic E-state index is 12.9. The summed E-state index contributed by atoms with van der Waals surface area (Å²) in [6.07, 6.45) is 3.81. The molecular weight excluding hydrogens is 440 g/mol. The van der Waals surface area contributed by atoms with Crippen LogP contribution in [0.1, 0.15) is 48.2 Å². The van der Waals surface area contributed by atoms with Gasteiger partial charge in [0.1, 0.15) is 11.5 Å². The number of urea groups is 1. The number of methoxy groups -OCH3 is 1. The average Bonchev–Trinajstić information content (AvgIpc) is 3.36. The molecule has 1 fully saturated rings. The third-order valence-corrected chi connectivity index (χ3v) is 4.81. The van der Waals surface area contributed by atoms with Gasteiger partial charge in [-0.2, -0.15) is 0 Å². The van der Waals surface area contributed by atoms with E-state index in [2.05, 4.69) is 16.6 Å². The van der Waals surface area contributed by atoms with Crippen molar-refractivity contribution in [3.8, 4) is 11.5 Å². The number of nitrogens with one attached hydrogen (secondary N) is 1. The number of nitrogens with zero attached hydrogens (tertiary/aromatic N) is 1. The molecule has 2 heterocycles. The second-order valence-electron chi connectivity index (χ2n) is 7.74. The molecule has 9 nitrogen and oxygen atoms in total. The molecule has 34 heavy (non-hydrogen) atoms. The van der Waals surface area contributed by atoms with Crippen LogP contribution in [-0.2, 0) is 22.5 Å². The normalized spacial score (nSPS) is 14.5. The number of ether oxygens (including phenoxy) is 3. The van der Waals surface area contributed by atoms with E-state index in [0.717, 1.165) is 10.5 Å². The summed E-state index contributed by atoms with van der Waals surface area (Å²) in [5, 5.41) is 2.59. The Morgan fingerprint density at radius 2 is 2.03 bits per heavy atom. The van der Waals surface area contributed by atoms with Gasteiger partial charge in [-0.15, -0.1) is 6.58 Å². The van der Waals surface area contributed by atoms with Crippen LogP contribution in [0.2, 0.25) is 0 Å². The first-order chi connectivity index (χ1) is 16.3. The summed E-state index contributed by atoms with van der Waals surface area (Å²) in [7, 11) is 1.23. The zero-order chi connectivity index (χ0) is 24.8. The van der Waals surface area contributed by atoms with Crippen molar-refractivity contribution in [1.82, 2.24) is 10.2 Å². The van der Waals surface area contributed by atoms with Crippen LogP contribution in [0.5, 0.6) is 11.5 Å². The second kappa shape index (κ2) is 10.7. The Bertz CT molecular complexity index is 1130. The molecule has 1 N–H and O–H groups in total. The predicted octanol–water partition coefficient (Wildman–Crippen LogP) is 4.07. The Balaban J connectivity index is 1.89. The summed E-state index contributed by atoms with van der Waals surface area (Å²) in [6.45, 7) is 9.84. The molecule has 180 valence electrons. The molecule has 0 atom stereocenters. The van der Waals surface area contributed by atoms with E-state index in [9.17, 15) is 14.4 Å². The summed E-state index contributed by atoms with van der Waals surface area (Å²) in [4.78, 5) is 38.0. The standard InChI is InChI=1S/C25H28N2O7/c1-6-8-17-11-16(13-21(32-7-2)22(17)33-15(3)4)12-19-23(28)27(25(30)26-19)14-18-9-10-20(34-18)24(29)31-5/h6,9-13,15H,1,7-8,14H2,2-5H3,(H,26,30)/b19-12-. The van der Waals surface area contributed by atoms with Gasteiger partial charge in [0.25, 0.3) is 5.91 Å². The van der Waals surface area contributed by atoms with E-state index in [-0.39, 0.29) is 29.9 Å². The quantitative estimate of drug-likeness (QED) is 0.242. The van der Waals surface area contributed by atoms with Gasteiger partial charge in [-0.25, -0.2) is 9.59 Å². The zero-order valence-corrected chi connectivity index (χ0v) is 19.7. The van der Waals surface area contributed by atoms with Gasteiger partial charge in [0.15, 0.2) is 11.5 Å². The number of rotatable bonds is 10. The van der Waals surface area contributed by atoms with E-state index in [1.165, 1.54) is 19.2 Å². The van der Waals surface area contributed by atoms with Crippen LogP contribution in [0, 0.1) is 0 Å². The third-order valence-electron chi connectivity index (χ3n) is 4.81. The van der Waals surface area contributed by atoms with Crippen molar-refractivity contribution in [2.24, 2.45) is 0 Å². The van der Waals surface area contributed by atoms with Gasteiger partial charge in [0.05, 0.1) is 26.4 Å². The summed E-state index contributed by atoms with van der Waals surface area (Å²) in [5.41, 5.74) is 1.61. The van der Waals surface area contributed by atoms with Crippen molar-refractivity contribution in [3.63, 3.8) is 0 Å². The molecule has 1 aliphatic heterocycles. The molecule has 0 unspecified atom stereocenters. The first kappa shape index (κ1) is 24.6. The Morgan fingerprint density at radius 1 is 1.26 bits per heavy atom. The van der Waals surface area contributed by atoms with Crippen LogP contribution < -0.4 is 14.8 Å². The van der Waals surface area contributed by atoms with Crippen molar-refractivity contribution in [2.75, 3.05) is 13.7 Å². The number of carbonyl (C=O) groups excluding carboxylic acids is 3. The van der Waals surface area contributed by atoms with Crippen LogP contribution in [-0.4, -0.2) is 42.6 Å². The molecule has 0 radical (unpaired) electrons. The highest BCUT2D eigenvalue weighted by molar-refractivity contribution is 6.13. The van der Waals surface area contributed by atoms with Crippen molar-refractivity contribution in [3.05, 3.63) is 65.3 Å². The minimum Gasteiger partial charge on any atom is -0.490 e. The second-order valence-corrected chi connectivity index (χ2v) is 7.74. The number of carbonyl (C=O) groups is 3. The number of imide groups is 1. The monoisotopic (exact) mass is 468 g/mol. The number of furan rings is 1. The highest BCUT2D eigenvalue weighted by Crippen LogP contribution is 2.35. The lowest BCUT2D eigenvalue weighted by Gasteiger charge is -2.19. The molecule has 0 spiro atoms. The van der Waals surface area contributed by atoms with Crippen LogP contribution in [0.25, 0.3) is 6.08 Å². The van der Waals surface area contributed by atoms with Crippen LogP contribution in [0.3, 0.4) is 0 Å². The van der Waals surface area contributed by atoms with Crippen molar-refractivity contribution >= 4 is 24.0 Å². The van der Waals surface area contributed by atoms with Gasteiger partial charge in [-0.05, 0) is 63.1 Å². The lowest BCUT2D eigenvalue weighted by molar-refractivity contribution is -0.123. The zero-order valence-electron chi connectivity index (χ0n) is 19.7. The maximum Gasteiger partial charge on any atom is 0.373 e. The SMILES string of the molecule is C=CCc1cc(/C=C2\NC(=O)N(Cc3ccc(C(=O)OC)o3)C2=O)cc(OCC)c1OC(C)C. The molecule has 9 heteroatoms. The molecule has 3 amide bonds. The fourth-order valence-electron chi connectivity index (χ4n) is 3.42. The van der Waals surface area contributed by atoms with E-state index < -0.39 is 17.9 Å². The Hall–Kier alpha value is -4.01. The summed E-state index contributed by atoms with van der Waals surface area (Å²) in [5.74, 6) is 0.263. The number of allylic oxidation sites excluding steroid dienone is 1. The fourth-order valence-corrected chi connectivity index (χ4v) is 3.42. The highest BCUT2D eigenvalue weighted by Gasteiger charge is 2.34. The number of hydrogen-bond donors (Lipinski definition) is 1. The molecule has 1 aromatic heterocycles. The average molecular weight is 469 g/mol. The summed E-state index contributed by atoms with van der Waals surface area (Å²) < 4.78 is 21.7. The van der Waals surface area contributed by atoms with E-state index in [1.54, 1.807) is 18.2 Å². The highest BCUT2D eigenvalue weighted by atomic mass is 16.5. The first-order valence-electron chi connectivity index (χ1n) is 10.9. The molecule has 1 aromatic carbocycles. The first-order valence-corrected chi connectivity index (χ1v) is 10.9. The van der Waals surface area contributed by atoms with E-state index in [4.69, 9.17) is 13.9 Å². The largest absolute Gasteiger partial charge is 0.490 e.